The molecule has 1 saturated carbocycles. The standard InChI is InChI=1S/C50H55N11O17S4/c1-26(62)45(52)79-35-24-39(63)61(47(35)67)25-27-10-12-28(13-11-27)46(66)53-16-18-77-20-21-78-19-17-54-48-58-49(56-32-8-4-5-9-36(32)80(68,69)70)60-50(59-48)57-33-15-14-29(22-37(33)81(71,72)73)55-34-23-38(82(74,75)76)42(51)41-40(34)43(64)30-6-2-3-7-31(30)44(41)65/h2-9,14-15,22-23,27-28,35,45,55H,10-13,16-21,24-25,51-52H2,1H3,(H,53,66)(H,68,69,70)(H,71,72,73)(H,74,75,76)(H3,54,56,57,58,59,60)/t27?,28?,35?,45-/m0/s1. The first-order chi connectivity index (χ1) is 38.8. The van der Waals surface area contributed by atoms with Crippen molar-refractivity contribution in [2.45, 2.75) is 64.3 Å². The number of rotatable bonds is 25. The fraction of sp³-hybridized carbons (Fsp3) is 0.340. The second-order valence-corrected chi connectivity index (χ2v) is 24.5. The van der Waals surface area contributed by atoms with Crippen molar-refractivity contribution in [3.63, 3.8) is 0 Å². The largest absolute Gasteiger partial charge is 0.397 e. The Bertz CT molecular complexity index is 3710. The number of nitrogens with zero attached hydrogens (tertiary/aromatic N) is 4. The van der Waals surface area contributed by atoms with Gasteiger partial charge in [-0.15, -0.1) is 11.8 Å². The van der Waals surface area contributed by atoms with Crippen molar-refractivity contribution in [3.05, 3.63) is 95.1 Å². The van der Waals surface area contributed by atoms with Crippen LogP contribution in [0.2, 0.25) is 0 Å². The number of nitrogens with one attached hydrogen (secondary N) is 5. The van der Waals surface area contributed by atoms with Crippen LogP contribution in [-0.4, -0.2) is 151 Å². The summed E-state index contributed by atoms with van der Waals surface area (Å²) in [5.41, 5.74) is 8.98. The van der Waals surface area contributed by atoms with Crippen LogP contribution < -0.4 is 38.1 Å². The third-order valence-electron chi connectivity index (χ3n) is 13.3. The highest BCUT2D eigenvalue weighted by Gasteiger charge is 2.42. The Balaban J connectivity index is 0.873. The molecule has 12 N–H and O–H groups in total. The van der Waals surface area contributed by atoms with Crippen molar-refractivity contribution < 1.29 is 77.2 Å². The van der Waals surface area contributed by atoms with E-state index in [-0.39, 0.29) is 134 Å². The number of amides is 3. The number of hydrogen-bond acceptors (Lipinski definition) is 24. The van der Waals surface area contributed by atoms with E-state index >= 15 is 0 Å². The van der Waals surface area contributed by atoms with Gasteiger partial charge in [0.25, 0.3) is 30.4 Å². The van der Waals surface area contributed by atoms with Gasteiger partial charge in [-0.1, -0.05) is 36.4 Å². The zero-order valence-corrected chi connectivity index (χ0v) is 46.6. The molecular formula is C50H55N11O17S4. The number of nitrogens with two attached hydrogens (primary N) is 2. The molecule has 0 spiro atoms. The van der Waals surface area contributed by atoms with Crippen LogP contribution in [0.4, 0.5) is 46.3 Å². The number of para-hydroxylation sites is 1. The first-order valence-corrected chi connectivity index (χ1v) is 30.3. The summed E-state index contributed by atoms with van der Waals surface area (Å²) in [6.07, 6.45) is 2.48. The van der Waals surface area contributed by atoms with E-state index in [9.17, 15) is 67.7 Å². The molecule has 2 atom stereocenters. The van der Waals surface area contributed by atoms with E-state index in [1.54, 1.807) is 0 Å². The molecule has 5 aromatic rings. The quantitative estimate of drug-likeness (QED) is 0.0129. The summed E-state index contributed by atoms with van der Waals surface area (Å²) in [5.74, 6) is -3.74. The highest BCUT2D eigenvalue weighted by Crippen LogP contribution is 2.41. The lowest BCUT2D eigenvalue weighted by atomic mass is 9.81. The Morgan fingerprint density at radius 1 is 0.683 bits per heavy atom. The van der Waals surface area contributed by atoms with Crippen LogP contribution >= 0.6 is 11.8 Å². The molecule has 436 valence electrons. The zero-order valence-electron chi connectivity index (χ0n) is 43.4. The number of carbonyl (C=O) groups is 6. The molecule has 8 rings (SSSR count). The summed E-state index contributed by atoms with van der Waals surface area (Å²) in [4.78, 5) is 89.2. The van der Waals surface area contributed by atoms with Crippen molar-refractivity contribution >= 4 is 123 Å². The monoisotopic (exact) mass is 1210 g/mol. The number of carbonyl (C=O) groups excluding carboxylic acids is 6. The van der Waals surface area contributed by atoms with E-state index in [1.165, 1.54) is 60.4 Å². The smallest absolute Gasteiger partial charge is 0.296 e. The molecule has 0 bridgehead atoms. The molecule has 2 aliphatic carbocycles. The molecule has 32 heteroatoms. The minimum Gasteiger partial charge on any atom is -0.397 e. The number of benzene rings is 4. The Labute approximate surface area is 473 Å². The molecule has 1 aliphatic heterocycles. The summed E-state index contributed by atoms with van der Waals surface area (Å²) < 4.78 is 117. The Morgan fingerprint density at radius 3 is 1.85 bits per heavy atom. The van der Waals surface area contributed by atoms with Gasteiger partial charge in [-0.05, 0) is 74.9 Å². The minimum absolute atomic E-state index is 0.00249. The summed E-state index contributed by atoms with van der Waals surface area (Å²) >= 11 is 0.992. The van der Waals surface area contributed by atoms with Crippen LogP contribution in [-0.2, 0) is 59.0 Å². The van der Waals surface area contributed by atoms with Gasteiger partial charge >= 0.3 is 0 Å². The highest BCUT2D eigenvalue weighted by molar-refractivity contribution is 8.01. The Kier molecular flexibility index (Phi) is 18.7. The predicted octanol–water partition coefficient (Wildman–Crippen LogP) is 3.30. The molecule has 4 aromatic carbocycles. The maximum Gasteiger partial charge on any atom is 0.296 e. The number of anilines is 8. The van der Waals surface area contributed by atoms with E-state index in [0.29, 0.717) is 25.7 Å². The normalized spacial score (nSPS) is 17.7. The number of ketones is 3. The van der Waals surface area contributed by atoms with Crippen molar-refractivity contribution in [1.29, 1.82) is 0 Å². The summed E-state index contributed by atoms with van der Waals surface area (Å²) in [6, 6.07) is 14.9. The number of thioether (sulfide) groups is 1. The first kappa shape index (κ1) is 60.6. The van der Waals surface area contributed by atoms with Crippen LogP contribution in [0.1, 0.15) is 70.9 Å². The third kappa shape index (κ3) is 14.4. The number of aromatic nitrogens is 3. The second kappa shape index (κ2) is 25.3. The lowest BCUT2D eigenvalue weighted by Gasteiger charge is -2.30. The minimum atomic E-state index is -5.17. The van der Waals surface area contributed by atoms with Gasteiger partial charge in [0.1, 0.15) is 20.1 Å². The van der Waals surface area contributed by atoms with Crippen molar-refractivity contribution in [2.24, 2.45) is 17.6 Å². The lowest BCUT2D eigenvalue weighted by molar-refractivity contribution is -0.139. The van der Waals surface area contributed by atoms with E-state index in [4.69, 9.17) is 20.9 Å². The van der Waals surface area contributed by atoms with Crippen LogP contribution in [0.5, 0.6) is 0 Å². The molecule has 0 radical (unpaired) electrons. The van der Waals surface area contributed by atoms with E-state index in [0.717, 1.165) is 36.0 Å². The Hall–Kier alpha value is -7.53. The van der Waals surface area contributed by atoms with Gasteiger partial charge < -0.3 is 47.5 Å². The molecule has 2 fully saturated rings. The number of fused-ring (bicyclic) bond motifs is 2. The van der Waals surface area contributed by atoms with Gasteiger partial charge in [-0.25, -0.2) is 0 Å². The Morgan fingerprint density at radius 2 is 1.24 bits per heavy atom. The molecule has 1 saturated heterocycles. The second-order valence-electron chi connectivity index (χ2n) is 19.0. The summed E-state index contributed by atoms with van der Waals surface area (Å²) in [5, 5.41) is 12.3. The molecular weight excluding hydrogens is 1150 g/mol. The number of Topliss-reactive ketones (excluding diaryl/α,β-unsaturated/α-hetero) is 1. The van der Waals surface area contributed by atoms with E-state index in [2.05, 4.69) is 41.5 Å². The van der Waals surface area contributed by atoms with Crippen LogP contribution in [0, 0.1) is 11.8 Å². The van der Waals surface area contributed by atoms with Crippen molar-refractivity contribution in [3.8, 4) is 0 Å². The van der Waals surface area contributed by atoms with Crippen LogP contribution in [0.15, 0.2) is 87.5 Å². The van der Waals surface area contributed by atoms with Gasteiger partial charge in [0.05, 0.1) is 65.6 Å². The first-order valence-electron chi connectivity index (χ1n) is 25.1. The van der Waals surface area contributed by atoms with Gasteiger partial charge in [0, 0.05) is 48.8 Å². The summed E-state index contributed by atoms with van der Waals surface area (Å²) in [7, 11) is -15.1. The molecule has 82 heavy (non-hydrogen) atoms. The van der Waals surface area contributed by atoms with Gasteiger partial charge in [-0.2, -0.15) is 40.2 Å². The van der Waals surface area contributed by atoms with Gasteiger partial charge in [0.2, 0.25) is 35.6 Å². The molecule has 1 aromatic heterocycles. The van der Waals surface area contributed by atoms with Gasteiger partial charge in [-0.3, -0.25) is 47.3 Å². The summed E-state index contributed by atoms with van der Waals surface area (Å²) in [6.45, 7) is 2.39. The molecule has 1 unspecified atom stereocenters. The van der Waals surface area contributed by atoms with Crippen LogP contribution in [0.25, 0.3) is 0 Å². The lowest BCUT2D eigenvalue weighted by Crippen LogP contribution is -2.39. The van der Waals surface area contributed by atoms with E-state index < -0.39 is 90.0 Å². The molecule has 3 amide bonds. The number of imide groups is 1. The number of likely N-dealkylation sites (tertiary alicyclic amines) is 1. The molecule has 2 heterocycles. The average Bonchev–Trinajstić information content (AvgIpc) is 3.16. The van der Waals surface area contributed by atoms with E-state index in [1.807, 2.05) is 0 Å². The van der Waals surface area contributed by atoms with Crippen LogP contribution in [0.3, 0.4) is 0 Å². The van der Waals surface area contributed by atoms with Gasteiger partial charge in [0.15, 0.2) is 17.3 Å². The predicted molar refractivity (Wildman–Crippen MR) is 296 cm³/mol. The van der Waals surface area contributed by atoms with Crippen molar-refractivity contribution in [2.75, 3.05) is 73.1 Å². The number of nitrogen functional groups attached to an aromatic ring is 1. The zero-order chi connectivity index (χ0) is 59.3. The molecule has 28 nitrogen and oxygen atoms in total. The van der Waals surface area contributed by atoms with Crippen molar-refractivity contribution in [1.82, 2.24) is 25.2 Å². The maximum absolute atomic E-state index is 13.9. The fourth-order valence-electron chi connectivity index (χ4n) is 9.32. The third-order valence-corrected chi connectivity index (χ3v) is 17.4. The number of ether oxygens (including phenoxy) is 2. The topological polar surface area (TPSA) is 438 Å². The SMILES string of the molecule is CC(=O)[C@@H](N)SC1CC(=O)N(CC2CCC(C(=O)NCCOCCOCCNc3nc(Nc4ccccc4S(=O)(=O)O)nc(Nc4ccc(Nc5cc(S(=O)(=O)O)c(N)c6c5C(=O)c5ccccc5C6=O)cc4S(=O)(=O)O)n3)CC2)C1=O. The fourth-order valence-corrected chi connectivity index (χ4v) is 12.3. The average molecular weight is 1210 g/mol. The maximum atomic E-state index is 13.9. The molecule has 3 aliphatic rings. The highest BCUT2D eigenvalue weighted by atomic mass is 32.2. The number of hydrogen-bond donors (Lipinski definition) is 10.